The first-order chi connectivity index (χ1) is 10.1. The fourth-order valence-electron chi connectivity index (χ4n) is 2.56. The van der Waals surface area contributed by atoms with Gasteiger partial charge >= 0.3 is 0 Å². The lowest BCUT2D eigenvalue weighted by molar-refractivity contribution is -0.122. The molecule has 4 nitrogen and oxygen atoms in total. The zero-order chi connectivity index (χ0) is 15.3. The van der Waals surface area contributed by atoms with Gasteiger partial charge in [-0.1, -0.05) is 25.1 Å². The summed E-state index contributed by atoms with van der Waals surface area (Å²) in [4.78, 5) is 12.0. The average molecular weight is 291 g/mol. The van der Waals surface area contributed by atoms with Crippen LogP contribution >= 0.6 is 0 Å². The number of ether oxygens (including phenoxy) is 1. The lowest BCUT2D eigenvalue weighted by Gasteiger charge is -2.16. The second kappa shape index (κ2) is 6.94. The molecule has 2 N–H and O–H groups in total. The molecule has 1 unspecified atom stereocenters. The normalized spacial score (nSPS) is 17.1. The van der Waals surface area contributed by atoms with Gasteiger partial charge in [-0.05, 0) is 36.8 Å². The van der Waals surface area contributed by atoms with E-state index in [1.807, 2.05) is 24.3 Å². The number of nitrogens with one attached hydrogen (secondary N) is 1. The standard InChI is InChI=1S/C17H25NO3/c1-13(9-14-5-3-4-6-15(14)21-2)10-16(20)18-11-17(12-19)7-8-17/h3-6,13,19H,7-12H2,1-2H3,(H,18,20). The SMILES string of the molecule is COc1ccccc1CC(C)CC(=O)NCC1(CO)CC1. The first kappa shape index (κ1) is 15.8. The Hall–Kier alpha value is -1.55. The van der Waals surface area contributed by atoms with Crippen molar-refractivity contribution in [1.29, 1.82) is 0 Å². The molecule has 1 fully saturated rings. The molecule has 0 saturated heterocycles. The van der Waals surface area contributed by atoms with Crippen LogP contribution in [-0.2, 0) is 11.2 Å². The molecule has 0 spiro atoms. The van der Waals surface area contributed by atoms with E-state index in [2.05, 4.69) is 12.2 Å². The van der Waals surface area contributed by atoms with E-state index in [-0.39, 0.29) is 23.8 Å². The Balaban J connectivity index is 1.78. The van der Waals surface area contributed by atoms with Crippen molar-refractivity contribution in [3.05, 3.63) is 29.8 Å². The van der Waals surface area contributed by atoms with Crippen LogP contribution in [0.3, 0.4) is 0 Å². The van der Waals surface area contributed by atoms with Crippen LogP contribution in [0.5, 0.6) is 5.75 Å². The van der Waals surface area contributed by atoms with Crippen LogP contribution in [0.1, 0.15) is 31.7 Å². The summed E-state index contributed by atoms with van der Waals surface area (Å²) in [6, 6.07) is 7.92. The Labute approximate surface area is 126 Å². The van der Waals surface area contributed by atoms with Crippen molar-refractivity contribution in [3.8, 4) is 5.75 Å². The van der Waals surface area contributed by atoms with Gasteiger partial charge in [0.05, 0.1) is 13.7 Å². The molecule has 1 aliphatic rings. The van der Waals surface area contributed by atoms with Crippen molar-refractivity contribution in [2.75, 3.05) is 20.3 Å². The highest BCUT2D eigenvalue weighted by Gasteiger charge is 2.42. The third-order valence-electron chi connectivity index (χ3n) is 4.25. The third-order valence-corrected chi connectivity index (χ3v) is 4.25. The van der Waals surface area contributed by atoms with Crippen molar-refractivity contribution in [2.45, 2.75) is 32.6 Å². The Bertz CT molecular complexity index is 483. The zero-order valence-electron chi connectivity index (χ0n) is 12.9. The van der Waals surface area contributed by atoms with E-state index in [9.17, 15) is 9.90 Å². The third kappa shape index (κ3) is 4.46. The van der Waals surface area contributed by atoms with Crippen LogP contribution in [-0.4, -0.2) is 31.3 Å². The Kier molecular flexibility index (Phi) is 5.23. The molecule has 0 aliphatic heterocycles. The molecule has 1 saturated carbocycles. The van der Waals surface area contributed by atoms with Crippen molar-refractivity contribution in [2.24, 2.45) is 11.3 Å². The highest BCUT2D eigenvalue weighted by molar-refractivity contribution is 5.76. The van der Waals surface area contributed by atoms with Crippen LogP contribution in [0.25, 0.3) is 0 Å². The predicted octanol–water partition coefficient (Wildman–Crippen LogP) is 2.15. The smallest absolute Gasteiger partial charge is 0.220 e. The summed E-state index contributed by atoms with van der Waals surface area (Å²) in [5, 5.41) is 12.2. The Morgan fingerprint density at radius 3 is 2.76 bits per heavy atom. The maximum atomic E-state index is 12.0. The van der Waals surface area contributed by atoms with Gasteiger partial charge in [-0.3, -0.25) is 4.79 Å². The highest BCUT2D eigenvalue weighted by atomic mass is 16.5. The molecule has 0 heterocycles. The van der Waals surface area contributed by atoms with Gasteiger partial charge in [-0.2, -0.15) is 0 Å². The fraction of sp³-hybridized carbons (Fsp3) is 0.588. The van der Waals surface area contributed by atoms with Crippen LogP contribution in [0.2, 0.25) is 0 Å². The van der Waals surface area contributed by atoms with E-state index < -0.39 is 0 Å². The quantitative estimate of drug-likeness (QED) is 0.771. The van der Waals surface area contributed by atoms with Crippen molar-refractivity contribution < 1.29 is 14.6 Å². The molecule has 1 atom stereocenters. The number of methoxy groups -OCH3 is 1. The van der Waals surface area contributed by atoms with Crippen molar-refractivity contribution >= 4 is 5.91 Å². The number of para-hydroxylation sites is 1. The van der Waals surface area contributed by atoms with Gasteiger partial charge in [-0.15, -0.1) is 0 Å². The molecule has 1 aliphatic carbocycles. The molecule has 21 heavy (non-hydrogen) atoms. The van der Waals surface area contributed by atoms with Gasteiger partial charge in [0.2, 0.25) is 5.91 Å². The number of hydrogen-bond acceptors (Lipinski definition) is 3. The maximum absolute atomic E-state index is 12.0. The van der Waals surface area contributed by atoms with Gasteiger partial charge in [0, 0.05) is 18.4 Å². The summed E-state index contributed by atoms with van der Waals surface area (Å²) in [5.41, 5.74) is 1.11. The Morgan fingerprint density at radius 1 is 1.43 bits per heavy atom. The summed E-state index contributed by atoms with van der Waals surface area (Å²) in [6.07, 6.45) is 3.35. The van der Waals surface area contributed by atoms with E-state index in [4.69, 9.17) is 4.74 Å². The van der Waals surface area contributed by atoms with Crippen LogP contribution in [0.4, 0.5) is 0 Å². The van der Waals surface area contributed by atoms with Crippen LogP contribution in [0, 0.1) is 11.3 Å². The summed E-state index contributed by atoms with van der Waals surface area (Å²) in [6.45, 7) is 2.85. The molecular weight excluding hydrogens is 266 g/mol. The molecule has 1 aromatic rings. The molecule has 4 heteroatoms. The highest BCUT2D eigenvalue weighted by Crippen LogP contribution is 2.44. The summed E-state index contributed by atoms with van der Waals surface area (Å²) in [7, 11) is 1.67. The van der Waals surface area contributed by atoms with Crippen LogP contribution in [0.15, 0.2) is 24.3 Å². The summed E-state index contributed by atoms with van der Waals surface area (Å²) in [5.74, 6) is 1.20. The van der Waals surface area contributed by atoms with Gasteiger partial charge in [0.25, 0.3) is 0 Å². The molecular formula is C17H25NO3. The summed E-state index contributed by atoms with van der Waals surface area (Å²) >= 11 is 0. The van der Waals surface area contributed by atoms with E-state index >= 15 is 0 Å². The van der Waals surface area contributed by atoms with E-state index in [1.54, 1.807) is 7.11 Å². The first-order valence-electron chi connectivity index (χ1n) is 7.58. The predicted molar refractivity (Wildman–Crippen MR) is 82.2 cm³/mol. The number of benzene rings is 1. The van der Waals surface area contributed by atoms with Gasteiger partial charge in [0.15, 0.2) is 0 Å². The van der Waals surface area contributed by atoms with E-state index in [0.29, 0.717) is 13.0 Å². The monoisotopic (exact) mass is 291 g/mol. The number of carbonyl (C=O) groups is 1. The summed E-state index contributed by atoms with van der Waals surface area (Å²) < 4.78 is 5.34. The van der Waals surface area contributed by atoms with E-state index in [1.165, 1.54) is 0 Å². The molecule has 116 valence electrons. The lowest BCUT2D eigenvalue weighted by Crippen LogP contribution is -2.32. The topological polar surface area (TPSA) is 58.6 Å². The van der Waals surface area contributed by atoms with E-state index in [0.717, 1.165) is 30.6 Å². The fourth-order valence-corrected chi connectivity index (χ4v) is 2.56. The lowest BCUT2D eigenvalue weighted by atomic mass is 9.97. The largest absolute Gasteiger partial charge is 0.496 e. The van der Waals surface area contributed by atoms with Gasteiger partial charge in [-0.25, -0.2) is 0 Å². The van der Waals surface area contributed by atoms with Gasteiger partial charge in [0.1, 0.15) is 5.75 Å². The molecule has 2 rings (SSSR count). The molecule has 0 aromatic heterocycles. The number of carbonyl (C=O) groups excluding carboxylic acids is 1. The second-order valence-corrected chi connectivity index (χ2v) is 6.26. The van der Waals surface area contributed by atoms with Crippen molar-refractivity contribution in [3.63, 3.8) is 0 Å². The second-order valence-electron chi connectivity index (χ2n) is 6.26. The van der Waals surface area contributed by atoms with Gasteiger partial charge < -0.3 is 15.2 Å². The maximum Gasteiger partial charge on any atom is 0.220 e. The van der Waals surface area contributed by atoms with Crippen LogP contribution < -0.4 is 10.1 Å². The van der Waals surface area contributed by atoms with Crippen molar-refractivity contribution in [1.82, 2.24) is 5.32 Å². The number of hydrogen-bond donors (Lipinski definition) is 2. The number of amides is 1. The number of aliphatic hydroxyl groups is 1. The minimum absolute atomic E-state index is 0.0262. The zero-order valence-corrected chi connectivity index (χ0v) is 12.9. The Morgan fingerprint density at radius 2 is 2.14 bits per heavy atom. The minimum atomic E-state index is -0.0262. The molecule has 1 amide bonds. The number of rotatable bonds is 8. The first-order valence-corrected chi connectivity index (χ1v) is 7.58. The average Bonchev–Trinajstić information content (AvgIpc) is 3.26. The molecule has 0 bridgehead atoms. The molecule has 0 radical (unpaired) electrons. The number of aliphatic hydroxyl groups excluding tert-OH is 1. The minimum Gasteiger partial charge on any atom is -0.496 e. The molecule has 1 aromatic carbocycles.